The van der Waals surface area contributed by atoms with Crippen LogP contribution in [0.15, 0.2) is 78.3 Å². The largest absolute Gasteiger partial charge is 0.507 e. The van der Waals surface area contributed by atoms with Crippen LogP contribution in [-0.2, 0) is 14.4 Å². The number of nitrogen functional groups attached to an aromatic ring is 1. The molecule has 2 aliphatic heterocycles. The number of anilines is 1. The number of phenols is 1. The van der Waals surface area contributed by atoms with Gasteiger partial charge in [-0.3, -0.25) is 19.3 Å². The topological polar surface area (TPSA) is 187 Å². The summed E-state index contributed by atoms with van der Waals surface area (Å²) in [6, 6.07) is 19.2. The van der Waals surface area contributed by atoms with E-state index in [-0.39, 0.29) is 60.4 Å². The van der Waals surface area contributed by atoms with Crippen molar-refractivity contribution < 1.29 is 29.0 Å². The Hall–Kier alpha value is -5.77. The normalized spacial score (nSPS) is 18.4. The number of halogens is 1. The lowest BCUT2D eigenvalue weighted by molar-refractivity contribution is -0.144. The van der Waals surface area contributed by atoms with Gasteiger partial charge in [-0.15, -0.1) is 21.5 Å². The van der Waals surface area contributed by atoms with Gasteiger partial charge in [0.05, 0.1) is 40.5 Å². The summed E-state index contributed by atoms with van der Waals surface area (Å²) >= 11 is 1.58. The van der Waals surface area contributed by atoms with Crippen molar-refractivity contribution in [3.8, 4) is 38.6 Å². The maximum Gasteiger partial charge on any atom is 0.246 e. The van der Waals surface area contributed by atoms with E-state index in [1.165, 1.54) is 23.1 Å². The molecule has 4 atom stereocenters. The van der Waals surface area contributed by atoms with Crippen molar-refractivity contribution in [1.82, 2.24) is 35.6 Å². The first-order valence-corrected chi connectivity index (χ1v) is 21.5. The third-order valence-corrected chi connectivity index (χ3v) is 12.7. The van der Waals surface area contributed by atoms with Gasteiger partial charge in [-0.05, 0) is 97.6 Å². The Morgan fingerprint density at radius 3 is 2.30 bits per heavy atom. The van der Waals surface area contributed by atoms with Gasteiger partial charge in [0.25, 0.3) is 0 Å². The fraction of sp³-hybridized carbons (Fsp3) is 0.391. The second-order valence-electron chi connectivity index (χ2n) is 17.2. The lowest BCUT2D eigenvalue weighted by atomic mass is 9.85. The fourth-order valence-electron chi connectivity index (χ4n) is 8.26. The molecule has 0 bridgehead atoms. The zero-order valence-corrected chi connectivity index (χ0v) is 35.9. The molecule has 3 aromatic carbocycles. The number of hydrogen-bond donors (Lipinski definition) is 5. The van der Waals surface area contributed by atoms with Gasteiger partial charge in [0, 0.05) is 24.1 Å². The molecule has 13 nitrogen and oxygen atoms in total. The van der Waals surface area contributed by atoms with Crippen molar-refractivity contribution in [3.05, 3.63) is 101 Å². The van der Waals surface area contributed by atoms with Crippen molar-refractivity contribution in [2.75, 3.05) is 31.9 Å². The second kappa shape index (κ2) is 18.1. The number of nitrogens with two attached hydrogens (primary N) is 1. The number of phenolic OH excluding ortho intramolecular Hbond substituents is 1. The molecular weight excluding hydrogens is 796 g/mol. The van der Waals surface area contributed by atoms with E-state index in [0.29, 0.717) is 24.3 Å². The monoisotopic (exact) mass is 848 g/mol. The number of nitrogens with one attached hydrogen (secondary N) is 2. The molecule has 0 saturated carbocycles. The number of benzene rings is 3. The summed E-state index contributed by atoms with van der Waals surface area (Å²) in [5, 5.41) is 35.1. The minimum absolute atomic E-state index is 0.00151. The molecule has 0 radical (unpaired) electrons. The van der Waals surface area contributed by atoms with Crippen molar-refractivity contribution in [1.29, 1.82) is 0 Å². The summed E-state index contributed by atoms with van der Waals surface area (Å²) < 4.78 is 13.9. The molecule has 7 rings (SSSR count). The number of aliphatic hydroxyl groups excluding tert-OH is 1. The van der Waals surface area contributed by atoms with E-state index < -0.39 is 35.3 Å². The Morgan fingerprint density at radius 1 is 0.951 bits per heavy atom. The number of β-amino-alcohol motifs (C(OH)–C–C–N with tert-alkyl or cyclic N) is 1. The van der Waals surface area contributed by atoms with Crippen LogP contribution in [0, 0.1) is 18.2 Å². The van der Waals surface area contributed by atoms with Gasteiger partial charge >= 0.3 is 0 Å². The highest BCUT2D eigenvalue weighted by molar-refractivity contribution is 7.13. The quantitative estimate of drug-likeness (QED) is 0.102. The minimum atomic E-state index is -0.919. The van der Waals surface area contributed by atoms with Crippen LogP contribution < -0.4 is 16.4 Å². The number of aliphatic hydroxyl groups is 1. The summed E-state index contributed by atoms with van der Waals surface area (Å²) in [6.45, 7) is 11.0. The summed E-state index contributed by atoms with van der Waals surface area (Å²) in [6.07, 6.45) is 0.889. The second-order valence-corrected chi connectivity index (χ2v) is 18.1. The molecule has 2 saturated heterocycles. The maximum absolute atomic E-state index is 14.2. The minimum Gasteiger partial charge on any atom is -0.507 e. The highest BCUT2D eigenvalue weighted by Crippen LogP contribution is 2.35. The van der Waals surface area contributed by atoms with Gasteiger partial charge < -0.3 is 31.5 Å². The fourth-order valence-corrected chi connectivity index (χ4v) is 9.07. The zero-order chi connectivity index (χ0) is 43.6. The van der Waals surface area contributed by atoms with Gasteiger partial charge in [-0.25, -0.2) is 9.37 Å². The number of rotatable bonds is 11. The molecule has 2 aliphatic rings. The first-order chi connectivity index (χ1) is 29.0. The molecule has 6 N–H and O–H groups in total. The number of carbonyl (C=O) groups excluding carboxylic acids is 3. The van der Waals surface area contributed by atoms with E-state index in [4.69, 9.17) is 5.73 Å². The summed E-state index contributed by atoms with van der Waals surface area (Å²) in [5.74, 6) is -1.17. The van der Waals surface area contributed by atoms with Gasteiger partial charge in [0.1, 0.15) is 23.7 Å². The molecule has 0 aliphatic carbocycles. The highest BCUT2D eigenvalue weighted by atomic mass is 32.1. The van der Waals surface area contributed by atoms with E-state index in [0.717, 1.165) is 45.7 Å². The van der Waals surface area contributed by atoms with Crippen LogP contribution in [0.3, 0.4) is 0 Å². The lowest BCUT2D eigenvalue weighted by Gasteiger charge is -2.36. The third kappa shape index (κ3) is 9.90. The Kier molecular flexibility index (Phi) is 12.8. The number of likely N-dealkylation sites (tertiary alicyclic amines) is 2. The van der Waals surface area contributed by atoms with E-state index in [1.54, 1.807) is 17.4 Å². The Balaban J connectivity index is 0.934. The Labute approximate surface area is 359 Å². The Bertz CT molecular complexity index is 2380. The molecule has 0 unspecified atom stereocenters. The number of aryl methyl sites for hydroxylation is 1. The van der Waals surface area contributed by atoms with Gasteiger partial charge in [0.2, 0.25) is 17.7 Å². The first-order valence-electron chi connectivity index (χ1n) is 20.6. The van der Waals surface area contributed by atoms with Crippen molar-refractivity contribution in [2.45, 2.75) is 84.0 Å². The molecule has 61 heavy (non-hydrogen) atoms. The van der Waals surface area contributed by atoms with Gasteiger partial charge in [-0.1, -0.05) is 69.3 Å². The molecule has 0 spiro atoms. The number of nitrogens with zero attached hydrogens (tertiary/aromatic N) is 5. The molecular formula is C46H53FN8O5S. The predicted octanol–water partition coefficient (Wildman–Crippen LogP) is 6.22. The van der Waals surface area contributed by atoms with Crippen LogP contribution in [0.1, 0.15) is 75.7 Å². The van der Waals surface area contributed by atoms with Crippen LogP contribution in [0.5, 0.6) is 5.75 Å². The summed E-state index contributed by atoms with van der Waals surface area (Å²) in [7, 11) is 0. The standard InChI is InChI=1S/C46H53FN8O5S/c1-26(28-6-12-32(13-7-28)41-27(2)49-25-61-41)50-44(59)38-21-34(56)23-55(38)45(60)42(46(3,4)5)51-40(58)24-54-18-16-30(17-19-54)29-8-10-31(11-9-29)35-22-37(52-53-43(35)48)36-20-33(47)14-15-39(36)57/h6-15,20,22,25-26,30,34,38,42,56-57H,16-19,21,23-24H2,1-5H3,(H2,48,53)(H,50,59)(H,51,58)/t26-,34+,38-,42+/m0/s1. The number of piperidine rings is 1. The molecule has 2 fully saturated rings. The molecule has 320 valence electrons. The number of aromatic nitrogens is 3. The van der Waals surface area contributed by atoms with Gasteiger partial charge in [0.15, 0.2) is 5.82 Å². The summed E-state index contributed by atoms with van der Waals surface area (Å²) in [4.78, 5) is 50.4. The van der Waals surface area contributed by atoms with Crippen LogP contribution in [0.25, 0.3) is 32.8 Å². The molecule has 4 heterocycles. The average Bonchev–Trinajstić information content (AvgIpc) is 3.86. The molecule has 15 heteroatoms. The van der Waals surface area contributed by atoms with Gasteiger partial charge in [-0.2, -0.15) is 0 Å². The molecule has 3 amide bonds. The molecule has 2 aromatic heterocycles. The van der Waals surface area contributed by atoms with E-state index in [2.05, 4.69) is 30.7 Å². The number of amides is 3. The maximum atomic E-state index is 14.2. The van der Waals surface area contributed by atoms with Crippen molar-refractivity contribution >= 4 is 34.9 Å². The van der Waals surface area contributed by atoms with Crippen LogP contribution in [-0.4, -0.2) is 97.3 Å². The number of aromatic hydroxyl groups is 1. The lowest BCUT2D eigenvalue weighted by Crippen LogP contribution is -2.59. The average molecular weight is 849 g/mol. The van der Waals surface area contributed by atoms with Crippen molar-refractivity contribution in [3.63, 3.8) is 0 Å². The predicted molar refractivity (Wildman–Crippen MR) is 234 cm³/mol. The SMILES string of the molecule is Cc1ncsc1-c1ccc([C@H](C)NC(=O)[C@@H]2C[C@@H](O)CN2C(=O)[C@@H](NC(=O)CN2CCC(c3ccc(-c4cc(-c5cc(F)ccc5O)nnc4N)cc3)CC2)C(C)(C)C)cc1. The smallest absolute Gasteiger partial charge is 0.246 e. The highest BCUT2D eigenvalue weighted by Gasteiger charge is 2.45. The van der Waals surface area contributed by atoms with E-state index >= 15 is 0 Å². The van der Waals surface area contributed by atoms with E-state index in [1.807, 2.05) is 88.7 Å². The van der Waals surface area contributed by atoms with Crippen LogP contribution in [0.4, 0.5) is 10.2 Å². The third-order valence-electron chi connectivity index (χ3n) is 11.8. The zero-order valence-electron chi connectivity index (χ0n) is 35.1. The van der Waals surface area contributed by atoms with Crippen LogP contribution in [0.2, 0.25) is 0 Å². The summed E-state index contributed by atoms with van der Waals surface area (Å²) in [5.41, 5.74) is 13.3. The first kappa shape index (κ1) is 43.3. The Morgan fingerprint density at radius 2 is 1.64 bits per heavy atom. The number of carbonyl (C=O) groups is 3. The van der Waals surface area contributed by atoms with E-state index in [9.17, 15) is 29.0 Å². The molecule has 5 aromatic rings. The van der Waals surface area contributed by atoms with Crippen LogP contribution >= 0.6 is 11.3 Å². The number of hydrogen-bond acceptors (Lipinski definition) is 11. The number of thiazole rings is 1. The van der Waals surface area contributed by atoms with Crippen molar-refractivity contribution in [2.24, 2.45) is 5.41 Å².